The molecule has 1 aromatic heterocycles. The van der Waals surface area contributed by atoms with E-state index in [-0.39, 0.29) is 0 Å². The molecule has 20 heavy (non-hydrogen) atoms. The molecular weight excluding hydrogens is 274 g/mol. The Morgan fingerprint density at radius 1 is 1.30 bits per heavy atom. The number of fused-ring (bicyclic) bond motifs is 1. The summed E-state index contributed by atoms with van der Waals surface area (Å²) in [6.45, 7) is 3.28. The maximum absolute atomic E-state index is 10.3. The summed E-state index contributed by atoms with van der Waals surface area (Å²) in [6, 6.07) is 5.62. The highest BCUT2D eigenvalue weighted by Gasteiger charge is 2.16. The minimum absolute atomic E-state index is 0.526. The van der Waals surface area contributed by atoms with Crippen LogP contribution in [0.4, 0.5) is 0 Å². The fourth-order valence-electron chi connectivity index (χ4n) is 2.17. The molecule has 0 amide bonds. The summed E-state index contributed by atoms with van der Waals surface area (Å²) in [5, 5.41) is 13.3. The third-order valence-corrected chi connectivity index (χ3v) is 4.18. The van der Waals surface area contributed by atoms with E-state index in [1.54, 1.807) is 11.3 Å². The zero-order valence-corrected chi connectivity index (χ0v) is 12.2. The summed E-state index contributed by atoms with van der Waals surface area (Å²) in [4.78, 5) is 4.38. The standard InChI is InChI=1S/C15H17NO3S/c1-10-9-20-15(16-10)8-12(17)11-3-4-13-14(7-11)19-6-2-5-18-13/h3-4,7,9,12,17H,2,5-6,8H2,1H3. The summed E-state index contributed by atoms with van der Waals surface area (Å²) in [5.41, 5.74) is 1.83. The molecule has 0 radical (unpaired) electrons. The van der Waals surface area contributed by atoms with Crippen molar-refractivity contribution in [3.63, 3.8) is 0 Å². The van der Waals surface area contributed by atoms with Gasteiger partial charge >= 0.3 is 0 Å². The molecule has 5 heteroatoms. The molecule has 0 spiro atoms. The van der Waals surface area contributed by atoms with Crippen LogP contribution < -0.4 is 9.47 Å². The molecule has 1 aromatic carbocycles. The first kappa shape index (κ1) is 13.4. The van der Waals surface area contributed by atoms with Crippen LogP contribution in [0.3, 0.4) is 0 Å². The van der Waals surface area contributed by atoms with Crippen molar-refractivity contribution in [1.29, 1.82) is 0 Å². The number of aryl methyl sites for hydroxylation is 1. The minimum atomic E-state index is -0.572. The number of aliphatic hydroxyl groups is 1. The SMILES string of the molecule is Cc1csc(CC(O)c2ccc3c(c2)OCCCO3)n1. The molecule has 1 aliphatic heterocycles. The molecule has 0 bridgehead atoms. The van der Waals surface area contributed by atoms with Crippen molar-refractivity contribution in [2.75, 3.05) is 13.2 Å². The van der Waals surface area contributed by atoms with Gasteiger partial charge in [0.1, 0.15) is 0 Å². The minimum Gasteiger partial charge on any atom is -0.490 e. The van der Waals surface area contributed by atoms with Gasteiger partial charge in [-0.05, 0) is 24.6 Å². The van der Waals surface area contributed by atoms with E-state index in [4.69, 9.17) is 9.47 Å². The number of nitrogens with zero attached hydrogens (tertiary/aromatic N) is 1. The Balaban J connectivity index is 1.77. The van der Waals surface area contributed by atoms with E-state index in [1.165, 1.54) is 0 Å². The lowest BCUT2D eigenvalue weighted by Gasteiger charge is -2.13. The lowest BCUT2D eigenvalue weighted by Crippen LogP contribution is -2.02. The van der Waals surface area contributed by atoms with Crippen molar-refractivity contribution in [2.45, 2.75) is 25.9 Å². The Hall–Kier alpha value is -1.59. The number of aliphatic hydroxyl groups excluding tert-OH is 1. The van der Waals surface area contributed by atoms with Crippen molar-refractivity contribution < 1.29 is 14.6 Å². The third kappa shape index (κ3) is 2.94. The third-order valence-electron chi connectivity index (χ3n) is 3.19. The number of benzene rings is 1. The zero-order chi connectivity index (χ0) is 13.9. The van der Waals surface area contributed by atoms with Gasteiger partial charge in [0.25, 0.3) is 0 Å². The van der Waals surface area contributed by atoms with Crippen LogP contribution in [-0.2, 0) is 6.42 Å². The van der Waals surface area contributed by atoms with E-state index >= 15 is 0 Å². The predicted molar refractivity (Wildman–Crippen MR) is 77.6 cm³/mol. The van der Waals surface area contributed by atoms with Crippen molar-refractivity contribution in [2.24, 2.45) is 0 Å². The van der Waals surface area contributed by atoms with Gasteiger partial charge in [-0.2, -0.15) is 0 Å². The molecule has 0 aliphatic carbocycles. The number of rotatable bonds is 3. The molecule has 2 aromatic rings. The van der Waals surface area contributed by atoms with Crippen LogP contribution in [0.2, 0.25) is 0 Å². The van der Waals surface area contributed by atoms with E-state index in [1.807, 2.05) is 30.5 Å². The molecule has 0 saturated heterocycles. The number of hydrogen-bond acceptors (Lipinski definition) is 5. The van der Waals surface area contributed by atoms with Crippen LogP contribution >= 0.6 is 11.3 Å². The monoisotopic (exact) mass is 291 g/mol. The summed E-state index contributed by atoms with van der Waals surface area (Å²) in [6.07, 6.45) is 0.834. The zero-order valence-electron chi connectivity index (χ0n) is 11.3. The number of hydrogen-bond donors (Lipinski definition) is 1. The van der Waals surface area contributed by atoms with E-state index in [2.05, 4.69) is 4.98 Å². The van der Waals surface area contributed by atoms with Gasteiger partial charge in [0, 0.05) is 23.9 Å². The first-order valence-electron chi connectivity index (χ1n) is 6.71. The summed E-state index contributed by atoms with van der Waals surface area (Å²) < 4.78 is 11.2. The molecule has 3 rings (SSSR count). The van der Waals surface area contributed by atoms with Gasteiger partial charge in [-0.3, -0.25) is 0 Å². The first-order valence-corrected chi connectivity index (χ1v) is 7.59. The second-order valence-corrected chi connectivity index (χ2v) is 5.80. The van der Waals surface area contributed by atoms with Gasteiger partial charge in [0.2, 0.25) is 0 Å². The Kier molecular flexibility index (Phi) is 3.89. The molecule has 1 N–H and O–H groups in total. The van der Waals surface area contributed by atoms with Crippen LogP contribution in [0.15, 0.2) is 23.6 Å². The Morgan fingerprint density at radius 2 is 2.10 bits per heavy atom. The van der Waals surface area contributed by atoms with Gasteiger partial charge in [0.05, 0.1) is 24.3 Å². The molecule has 0 saturated carbocycles. The molecule has 1 unspecified atom stereocenters. The van der Waals surface area contributed by atoms with Gasteiger partial charge < -0.3 is 14.6 Å². The average molecular weight is 291 g/mol. The second-order valence-electron chi connectivity index (χ2n) is 4.86. The second kappa shape index (κ2) is 5.81. The molecule has 0 fully saturated rings. The normalized spacial score (nSPS) is 15.7. The van der Waals surface area contributed by atoms with Crippen molar-refractivity contribution >= 4 is 11.3 Å². The maximum Gasteiger partial charge on any atom is 0.161 e. The van der Waals surface area contributed by atoms with Gasteiger partial charge in [0.15, 0.2) is 11.5 Å². The smallest absolute Gasteiger partial charge is 0.161 e. The van der Waals surface area contributed by atoms with Crippen LogP contribution in [0.25, 0.3) is 0 Å². The molecule has 4 nitrogen and oxygen atoms in total. The first-order chi connectivity index (χ1) is 9.72. The number of aromatic nitrogens is 1. The summed E-state index contributed by atoms with van der Waals surface area (Å²) >= 11 is 1.58. The van der Waals surface area contributed by atoms with Crippen molar-refractivity contribution in [3.05, 3.63) is 39.8 Å². The molecular formula is C15H17NO3S. The predicted octanol–water partition coefficient (Wildman–Crippen LogP) is 2.89. The van der Waals surface area contributed by atoms with E-state index in [0.717, 1.165) is 34.2 Å². The number of ether oxygens (including phenoxy) is 2. The van der Waals surface area contributed by atoms with E-state index in [9.17, 15) is 5.11 Å². The van der Waals surface area contributed by atoms with Crippen LogP contribution in [0, 0.1) is 6.92 Å². The van der Waals surface area contributed by atoms with Crippen molar-refractivity contribution in [3.8, 4) is 11.5 Å². The van der Waals surface area contributed by atoms with E-state index < -0.39 is 6.10 Å². The highest BCUT2D eigenvalue weighted by atomic mass is 32.1. The van der Waals surface area contributed by atoms with Crippen LogP contribution in [-0.4, -0.2) is 23.3 Å². The highest BCUT2D eigenvalue weighted by molar-refractivity contribution is 7.09. The Bertz CT molecular complexity index is 597. The molecule has 2 heterocycles. The van der Waals surface area contributed by atoms with Gasteiger partial charge in [-0.25, -0.2) is 4.98 Å². The summed E-state index contributed by atoms with van der Waals surface area (Å²) in [7, 11) is 0. The lowest BCUT2D eigenvalue weighted by molar-refractivity contribution is 0.177. The fraction of sp³-hybridized carbons (Fsp3) is 0.400. The van der Waals surface area contributed by atoms with Gasteiger partial charge in [-0.1, -0.05) is 6.07 Å². The molecule has 1 aliphatic rings. The maximum atomic E-state index is 10.3. The Labute approximate surface area is 122 Å². The largest absolute Gasteiger partial charge is 0.490 e. The number of thiazole rings is 1. The van der Waals surface area contributed by atoms with Gasteiger partial charge in [-0.15, -0.1) is 11.3 Å². The fourth-order valence-corrected chi connectivity index (χ4v) is 2.98. The van der Waals surface area contributed by atoms with Crippen LogP contribution in [0.1, 0.15) is 28.8 Å². The molecule has 106 valence electrons. The Morgan fingerprint density at radius 3 is 2.85 bits per heavy atom. The highest BCUT2D eigenvalue weighted by Crippen LogP contribution is 2.33. The molecule has 1 atom stereocenters. The van der Waals surface area contributed by atoms with Crippen molar-refractivity contribution in [1.82, 2.24) is 4.98 Å². The quantitative estimate of drug-likeness (QED) is 0.944. The summed E-state index contributed by atoms with van der Waals surface area (Å²) in [5.74, 6) is 1.47. The average Bonchev–Trinajstić information content (AvgIpc) is 2.72. The lowest BCUT2D eigenvalue weighted by atomic mass is 10.1. The van der Waals surface area contributed by atoms with Crippen LogP contribution in [0.5, 0.6) is 11.5 Å². The topological polar surface area (TPSA) is 51.6 Å². The van der Waals surface area contributed by atoms with E-state index in [0.29, 0.717) is 19.6 Å².